The maximum atomic E-state index is 8.82. The molecule has 0 spiro atoms. The summed E-state index contributed by atoms with van der Waals surface area (Å²) >= 11 is 0. The van der Waals surface area contributed by atoms with E-state index in [0.717, 1.165) is 17.1 Å². The van der Waals surface area contributed by atoms with Crippen molar-refractivity contribution in [3.63, 3.8) is 0 Å². The zero-order valence-corrected chi connectivity index (χ0v) is 8.97. The first-order chi connectivity index (χ1) is 7.81. The fourth-order valence-electron chi connectivity index (χ4n) is 1.42. The third-order valence-corrected chi connectivity index (χ3v) is 2.25. The Labute approximate surface area is 93.1 Å². The van der Waals surface area contributed by atoms with Crippen molar-refractivity contribution in [1.82, 2.24) is 15.2 Å². The number of benzene rings is 1. The number of aliphatic hydroxyl groups excluding tert-OH is 1. The van der Waals surface area contributed by atoms with Crippen LogP contribution in [-0.4, -0.2) is 27.4 Å². The Kier molecular flexibility index (Phi) is 3.16. The molecule has 84 valence electrons. The minimum absolute atomic E-state index is 0.140. The van der Waals surface area contributed by atoms with Crippen LogP contribution in [-0.2, 0) is 13.0 Å². The summed E-state index contributed by atoms with van der Waals surface area (Å²) in [5, 5.41) is 15.5. The van der Waals surface area contributed by atoms with Crippen molar-refractivity contribution >= 4 is 0 Å². The molecule has 0 atom stereocenters. The topological polar surface area (TPSA) is 71.0 Å². The lowest BCUT2D eigenvalue weighted by atomic mass is 10.1. The predicted molar refractivity (Wildman–Crippen MR) is 58.1 cm³/mol. The Morgan fingerprint density at radius 3 is 2.62 bits per heavy atom. The molecule has 2 N–H and O–H groups in total. The smallest absolute Gasteiger partial charge is 0.176 e. The third-order valence-electron chi connectivity index (χ3n) is 2.25. The number of aromatic amines is 1. The zero-order chi connectivity index (χ0) is 11.4. The van der Waals surface area contributed by atoms with Gasteiger partial charge in [0.15, 0.2) is 5.82 Å². The predicted octanol–water partition coefficient (Wildman–Crippen LogP) is 0.896. The van der Waals surface area contributed by atoms with E-state index in [9.17, 15) is 0 Å². The monoisotopic (exact) mass is 219 g/mol. The Morgan fingerprint density at radius 1 is 1.31 bits per heavy atom. The van der Waals surface area contributed by atoms with Gasteiger partial charge in [-0.3, -0.25) is 5.10 Å². The molecule has 0 amide bonds. The van der Waals surface area contributed by atoms with Crippen molar-refractivity contribution in [1.29, 1.82) is 0 Å². The zero-order valence-electron chi connectivity index (χ0n) is 8.97. The second-order valence-electron chi connectivity index (χ2n) is 3.38. The quantitative estimate of drug-likeness (QED) is 0.801. The second kappa shape index (κ2) is 4.76. The molecule has 2 rings (SSSR count). The molecule has 5 nitrogen and oxygen atoms in total. The lowest BCUT2D eigenvalue weighted by Gasteiger charge is -2.01. The minimum Gasteiger partial charge on any atom is -0.497 e. The van der Waals surface area contributed by atoms with Crippen LogP contribution in [0.25, 0.3) is 0 Å². The highest BCUT2D eigenvalue weighted by Gasteiger charge is 2.03. The molecule has 0 saturated heterocycles. The van der Waals surface area contributed by atoms with Crippen molar-refractivity contribution in [2.75, 3.05) is 7.11 Å². The first-order valence-electron chi connectivity index (χ1n) is 4.96. The van der Waals surface area contributed by atoms with E-state index < -0.39 is 0 Å². The highest BCUT2D eigenvalue weighted by molar-refractivity contribution is 5.28. The van der Waals surface area contributed by atoms with Gasteiger partial charge in [0.1, 0.15) is 18.2 Å². The summed E-state index contributed by atoms with van der Waals surface area (Å²) in [4.78, 5) is 4.12. The van der Waals surface area contributed by atoms with Crippen molar-refractivity contribution < 1.29 is 9.84 Å². The standard InChI is InChI=1S/C11H13N3O2/c1-16-9-4-2-8(3-5-9)6-10-12-11(7-15)14-13-10/h2-5,15H,6-7H2,1H3,(H,12,13,14). The van der Waals surface area contributed by atoms with Gasteiger partial charge in [-0.25, -0.2) is 4.98 Å². The van der Waals surface area contributed by atoms with Gasteiger partial charge in [-0.2, -0.15) is 5.10 Å². The van der Waals surface area contributed by atoms with Crippen LogP contribution in [0.4, 0.5) is 0 Å². The Morgan fingerprint density at radius 2 is 2.06 bits per heavy atom. The van der Waals surface area contributed by atoms with Crippen molar-refractivity contribution in [2.24, 2.45) is 0 Å². The number of methoxy groups -OCH3 is 1. The van der Waals surface area contributed by atoms with Crippen molar-refractivity contribution in [3.8, 4) is 5.75 Å². The largest absolute Gasteiger partial charge is 0.497 e. The molecule has 1 aromatic carbocycles. The van der Waals surface area contributed by atoms with E-state index in [4.69, 9.17) is 9.84 Å². The molecule has 0 unspecified atom stereocenters. The molecule has 0 aliphatic rings. The summed E-state index contributed by atoms with van der Waals surface area (Å²) in [5.41, 5.74) is 1.11. The first-order valence-corrected chi connectivity index (χ1v) is 4.96. The van der Waals surface area contributed by atoms with Crippen LogP contribution < -0.4 is 4.74 Å². The van der Waals surface area contributed by atoms with Crippen LogP contribution in [0.2, 0.25) is 0 Å². The van der Waals surface area contributed by atoms with Crippen LogP contribution in [0, 0.1) is 0 Å². The Bertz CT molecular complexity index is 451. The molecule has 5 heteroatoms. The van der Waals surface area contributed by atoms with Gasteiger partial charge in [-0.1, -0.05) is 12.1 Å². The van der Waals surface area contributed by atoms with Gasteiger partial charge in [0, 0.05) is 6.42 Å². The van der Waals surface area contributed by atoms with Crippen LogP contribution in [0.1, 0.15) is 17.2 Å². The molecule has 1 heterocycles. The first kappa shape index (κ1) is 10.6. The molecule has 0 radical (unpaired) electrons. The number of nitrogens with one attached hydrogen (secondary N) is 1. The van der Waals surface area contributed by atoms with E-state index in [1.807, 2.05) is 24.3 Å². The van der Waals surface area contributed by atoms with Crippen LogP contribution in [0.3, 0.4) is 0 Å². The molecule has 16 heavy (non-hydrogen) atoms. The van der Waals surface area contributed by atoms with E-state index in [-0.39, 0.29) is 6.61 Å². The van der Waals surface area contributed by atoms with E-state index >= 15 is 0 Å². The maximum Gasteiger partial charge on any atom is 0.176 e. The van der Waals surface area contributed by atoms with E-state index in [2.05, 4.69) is 15.2 Å². The molecule has 0 bridgehead atoms. The molecular formula is C11H13N3O2. The number of aromatic nitrogens is 3. The Hall–Kier alpha value is -1.88. The summed E-state index contributed by atoms with van der Waals surface area (Å²) in [6.45, 7) is -0.140. The highest BCUT2D eigenvalue weighted by atomic mass is 16.5. The van der Waals surface area contributed by atoms with Crippen molar-refractivity contribution in [3.05, 3.63) is 41.5 Å². The molecular weight excluding hydrogens is 206 g/mol. The fraction of sp³-hybridized carbons (Fsp3) is 0.273. The van der Waals surface area contributed by atoms with Crippen LogP contribution >= 0.6 is 0 Å². The SMILES string of the molecule is COc1ccc(Cc2nc(CO)n[nH]2)cc1. The second-order valence-corrected chi connectivity index (χ2v) is 3.38. The number of nitrogens with zero attached hydrogens (tertiary/aromatic N) is 2. The van der Waals surface area contributed by atoms with E-state index in [1.54, 1.807) is 7.11 Å². The number of aliphatic hydroxyl groups is 1. The number of rotatable bonds is 4. The summed E-state index contributed by atoms with van der Waals surface area (Å²) in [6, 6.07) is 7.75. The number of H-pyrrole nitrogens is 1. The van der Waals surface area contributed by atoms with Gasteiger partial charge in [0.25, 0.3) is 0 Å². The molecule has 1 aromatic heterocycles. The minimum atomic E-state index is -0.140. The van der Waals surface area contributed by atoms with Gasteiger partial charge >= 0.3 is 0 Å². The molecule has 2 aromatic rings. The Balaban J connectivity index is 2.08. The molecule has 0 aliphatic carbocycles. The fourth-order valence-corrected chi connectivity index (χ4v) is 1.42. The summed E-state index contributed by atoms with van der Waals surface area (Å²) in [6.07, 6.45) is 0.664. The average molecular weight is 219 g/mol. The maximum absolute atomic E-state index is 8.82. The van der Waals surface area contributed by atoms with Crippen molar-refractivity contribution in [2.45, 2.75) is 13.0 Å². The lowest BCUT2D eigenvalue weighted by Crippen LogP contribution is -1.92. The van der Waals surface area contributed by atoms with Gasteiger partial charge in [0.2, 0.25) is 0 Å². The number of hydrogen-bond acceptors (Lipinski definition) is 4. The normalized spacial score (nSPS) is 10.4. The van der Waals surface area contributed by atoms with Gasteiger partial charge < -0.3 is 9.84 Å². The molecule has 0 fully saturated rings. The number of hydrogen-bond donors (Lipinski definition) is 2. The summed E-state index contributed by atoms with van der Waals surface area (Å²) in [5.74, 6) is 2.00. The number of ether oxygens (including phenoxy) is 1. The van der Waals surface area contributed by atoms with Gasteiger partial charge in [0.05, 0.1) is 7.11 Å². The van der Waals surface area contributed by atoms with E-state index in [0.29, 0.717) is 12.2 Å². The molecule has 0 aliphatic heterocycles. The highest BCUT2D eigenvalue weighted by Crippen LogP contribution is 2.13. The average Bonchev–Trinajstić information content (AvgIpc) is 2.78. The van der Waals surface area contributed by atoms with Gasteiger partial charge in [-0.15, -0.1) is 0 Å². The summed E-state index contributed by atoms with van der Waals surface area (Å²) in [7, 11) is 1.64. The van der Waals surface area contributed by atoms with Crippen LogP contribution in [0.5, 0.6) is 5.75 Å². The molecule has 0 saturated carbocycles. The lowest BCUT2D eigenvalue weighted by molar-refractivity contribution is 0.272. The van der Waals surface area contributed by atoms with E-state index in [1.165, 1.54) is 0 Å². The van der Waals surface area contributed by atoms with Crippen LogP contribution in [0.15, 0.2) is 24.3 Å². The van der Waals surface area contributed by atoms with Gasteiger partial charge in [-0.05, 0) is 17.7 Å². The summed E-state index contributed by atoms with van der Waals surface area (Å²) < 4.78 is 5.07. The third kappa shape index (κ3) is 2.38.